The first-order valence-electron chi connectivity index (χ1n) is 6.28. The molecule has 1 unspecified atom stereocenters. The molecule has 0 heterocycles. The molecule has 0 spiro atoms. The van der Waals surface area contributed by atoms with E-state index in [9.17, 15) is 4.39 Å². The Hall–Kier alpha value is -1.67. The van der Waals surface area contributed by atoms with Gasteiger partial charge in [0.15, 0.2) is 0 Å². The quantitative estimate of drug-likeness (QED) is 0.871. The van der Waals surface area contributed by atoms with Crippen LogP contribution in [0, 0.1) is 5.82 Å². The van der Waals surface area contributed by atoms with Crippen LogP contribution in [0.3, 0.4) is 0 Å². The van der Waals surface area contributed by atoms with Gasteiger partial charge in [0.05, 0.1) is 0 Å². The minimum absolute atomic E-state index is 0.0851. The Kier molecular flexibility index (Phi) is 4.11. The van der Waals surface area contributed by atoms with E-state index in [4.69, 9.17) is 5.73 Å². The molecule has 0 amide bonds. The maximum absolute atomic E-state index is 12.8. The van der Waals surface area contributed by atoms with Crippen LogP contribution < -0.4 is 5.73 Å². The number of hydrogen-bond acceptors (Lipinski definition) is 1. The van der Waals surface area contributed by atoms with E-state index in [-0.39, 0.29) is 11.9 Å². The van der Waals surface area contributed by atoms with Crippen LogP contribution in [0.1, 0.15) is 29.7 Å². The average molecular weight is 243 g/mol. The van der Waals surface area contributed by atoms with Gasteiger partial charge in [0, 0.05) is 6.04 Å². The summed E-state index contributed by atoms with van der Waals surface area (Å²) in [7, 11) is 0. The first kappa shape index (κ1) is 12.8. The monoisotopic (exact) mass is 243 g/mol. The maximum Gasteiger partial charge on any atom is 0.123 e. The highest BCUT2D eigenvalue weighted by atomic mass is 19.1. The summed E-state index contributed by atoms with van der Waals surface area (Å²) in [5.41, 5.74) is 9.63. The molecule has 0 bridgehead atoms. The summed E-state index contributed by atoms with van der Waals surface area (Å²) in [5, 5.41) is 0. The standard InChI is InChI=1S/C16H18FN/c1-2-12-3-5-13(6-4-12)11-16(18)14-7-9-15(17)10-8-14/h3-10,16H,2,11,18H2,1H3. The highest BCUT2D eigenvalue weighted by Gasteiger charge is 2.07. The van der Waals surface area contributed by atoms with E-state index in [0.29, 0.717) is 0 Å². The van der Waals surface area contributed by atoms with E-state index in [0.717, 1.165) is 18.4 Å². The van der Waals surface area contributed by atoms with Crippen LogP contribution in [-0.2, 0) is 12.8 Å². The lowest BCUT2D eigenvalue weighted by atomic mass is 9.98. The van der Waals surface area contributed by atoms with Crippen molar-refractivity contribution in [1.29, 1.82) is 0 Å². The zero-order chi connectivity index (χ0) is 13.0. The summed E-state index contributed by atoms with van der Waals surface area (Å²) in [6, 6.07) is 14.8. The van der Waals surface area contributed by atoms with Crippen LogP contribution >= 0.6 is 0 Å². The lowest BCUT2D eigenvalue weighted by Crippen LogP contribution is -2.13. The molecule has 94 valence electrons. The Bertz CT molecular complexity index is 488. The number of rotatable bonds is 4. The molecule has 18 heavy (non-hydrogen) atoms. The van der Waals surface area contributed by atoms with Crippen LogP contribution in [0.2, 0.25) is 0 Å². The third-order valence-corrected chi connectivity index (χ3v) is 3.18. The molecule has 2 N–H and O–H groups in total. The van der Waals surface area contributed by atoms with E-state index in [1.54, 1.807) is 12.1 Å². The fourth-order valence-corrected chi connectivity index (χ4v) is 1.99. The second kappa shape index (κ2) is 5.78. The predicted molar refractivity (Wildman–Crippen MR) is 72.9 cm³/mol. The Morgan fingerprint density at radius 1 is 0.944 bits per heavy atom. The molecule has 1 atom stereocenters. The van der Waals surface area contributed by atoms with Crippen molar-refractivity contribution < 1.29 is 4.39 Å². The van der Waals surface area contributed by atoms with Gasteiger partial charge in [0.2, 0.25) is 0 Å². The molecule has 2 heteroatoms. The van der Waals surface area contributed by atoms with Gasteiger partial charge in [-0.25, -0.2) is 4.39 Å². The normalized spacial score (nSPS) is 12.4. The Morgan fingerprint density at radius 2 is 1.50 bits per heavy atom. The molecule has 0 aliphatic carbocycles. The fraction of sp³-hybridized carbons (Fsp3) is 0.250. The molecule has 0 radical (unpaired) electrons. The summed E-state index contributed by atoms with van der Waals surface area (Å²) >= 11 is 0. The van der Waals surface area contributed by atoms with E-state index in [2.05, 4.69) is 31.2 Å². The van der Waals surface area contributed by atoms with Crippen molar-refractivity contribution in [3.8, 4) is 0 Å². The number of nitrogens with two attached hydrogens (primary N) is 1. The van der Waals surface area contributed by atoms with Crippen LogP contribution in [-0.4, -0.2) is 0 Å². The third kappa shape index (κ3) is 3.17. The fourth-order valence-electron chi connectivity index (χ4n) is 1.99. The Balaban J connectivity index is 2.05. The van der Waals surface area contributed by atoms with Crippen molar-refractivity contribution >= 4 is 0 Å². The van der Waals surface area contributed by atoms with Gasteiger partial charge in [-0.3, -0.25) is 0 Å². The zero-order valence-corrected chi connectivity index (χ0v) is 10.6. The summed E-state index contributed by atoms with van der Waals surface area (Å²) in [6.07, 6.45) is 1.82. The van der Waals surface area contributed by atoms with Crippen molar-refractivity contribution in [3.05, 3.63) is 71.0 Å². The largest absolute Gasteiger partial charge is 0.324 e. The van der Waals surface area contributed by atoms with Gasteiger partial charge in [0.25, 0.3) is 0 Å². The van der Waals surface area contributed by atoms with Crippen molar-refractivity contribution in [3.63, 3.8) is 0 Å². The first-order chi connectivity index (χ1) is 8.69. The topological polar surface area (TPSA) is 26.0 Å². The molecule has 0 fully saturated rings. The molecule has 0 aromatic heterocycles. The average Bonchev–Trinajstić information content (AvgIpc) is 2.40. The van der Waals surface area contributed by atoms with Gasteiger partial charge < -0.3 is 5.73 Å². The molecular weight excluding hydrogens is 225 g/mol. The van der Waals surface area contributed by atoms with Gasteiger partial charge in [-0.2, -0.15) is 0 Å². The van der Waals surface area contributed by atoms with E-state index < -0.39 is 0 Å². The molecule has 2 aromatic carbocycles. The second-order valence-corrected chi connectivity index (χ2v) is 4.53. The van der Waals surface area contributed by atoms with Gasteiger partial charge in [0.1, 0.15) is 5.82 Å². The van der Waals surface area contributed by atoms with Gasteiger partial charge in [-0.15, -0.1) is 0 Å². The minimum atomic E-state index is -0.224. The zero-order valence-electron chi connectivity index (χ0n) is 10.6. The van der Waals surface area contributed by atoms with Crippen molar-refractivity contribution in [2.45, 2.75) is 25.8 Å². The van der Waals surface area contributed by atoms with E-state index in [1.165, 1.54) is 23.3 Å². The molecule has 0 aliphatic rings. The third-order valence-electron chi connectivity index (χ3n) is 3.18. The van der Waals surface area contributed by atoms with Crippen LogP contribution in [0.15, 0.2) is 48.5 Å². The maximum atomic E-state index is 12.8. The predicted octanol–water partition coefficient (Wildman–Crippen LogP) is 3.63. The summed E-state index contributed by atoms with van der Waals surface area (Å²) < 4.78 is 12.8. The first-order valence-corrected chi connectivity index (χ1v) is 6.28. The molecule has 2 aromatic rings. The van der Waals surface area contributed by atoms with E-state index >= 15 is 0 Å². The Labute approximate surface area is 107 Å². The number of halogens is 1. The van der Waals surface area contributed by atoms with Gasteiger partial charge in [-0.05, 0) is 41.7 Å². The lowest BCUT2D eigenvalue weighted by molar-refractivity contribution is 0.624. The SMILES string of the molecule is CCc1ccc(CC(N)c2ccc(F)cc2)cc1. The molecule has 0 saturated heterocycles. The van der Waals surface area contributed by atoms with E-state index in [1.807, 2.05) is 0 Å². The number of hydrogen-bond donors (Lipinski definition) is 1. The van der Waals surface area contributed by atoms with Crippen molar-refractivity contribution in [1.82, 2.24) is 0 Å². The summed E-state index contributed by atoms with van der Waals surface area (Å²) in [4.78, 5) is 0. The molecule has 0 saturated carbocycles. The van der Waals surface area contributed by atoms with Gasteiger partial charge >= 0.3 is 0 Å². The van der Waals surface area contributed by atoms with Crippen molar-refractivity contribution in [2.24, 2.45) is 5.73 Å². The molecule has 1 nitrogen and oxygen atoms in total. The van der Waals surface area contributed by atoms with Crippen LogP contribution in [0.25, 0.3) is 0 Å². The van der Waals surface area contributed by atoms with Crippen LogP contribution in [0.5, 0.6) is 0 Å². The second-order valence-electron chi connectivity index (χ2n) is 4.53. The number of benzene rings is 2. The summed E-state index contributed by atoms with van der Waals surface area (Å²) in [5.74, 6) is -0.224. The number of aryl methyl sites for hydroxylation is 1. The highest BCUT2D eigenvalue weighted by molar-refractivity contribution is 5.26. The van der Waals surface area contributed by atoms with Gasteiger partial charge in [-0.1, -0.05) is 43.3 Å². The molecule has 0 aliphatic heterocycles. The minimum Gasteiger partial charge on any atom is -0.324 e. The molecule has 2 rings (SSSR count). The van der Waals surface area contributed by atoms with Crippen LogP contribution in [0.4, 0.5) is 4.39 Å². The highest BCUT2D eigenvalue weighted by Crippen LogP contribution is 2.17. The van der Waals surface area contributed by atoms with Crippen molar-refractivity contribution in [2.75, 3.05) is 0 Å². The Morgan fingerprint density at radius 3 is 2.06 bits per heavy atom. The molecular formula is C16H18FN. The lowest BCUT2D eigenvalue weighted by Gasteiger charge is -2.12. The summed E-state index contributed by atoms with van der Waals surface area (Å²) in [6.45, 7) is 2.14. The smallest absolute Gasteiger partial charge is 0.123 e.